The first-order chi connectivity index (χ1) is 4.16. The van der Waals surface area contributed by atoms with Crippen molar-refractivity contribution < 1.29 is 4.74 Å². The van der Waals surface area contributed by atoms with Crippen LogP contribution in [0.15, 0.2) is 22.9 Å². The van der Waals surface area contributed by atoms with E-state index in [4.69, 9.17) is 16.3 Å². The van der Waals surface area contributed by atoms with E-state index in [1.807, 2.05) is 19.9 Å². The smallest absolute Gasteiger partial charge is 0.0924 e. The lowest BCUT2D eigenvalue weighted by Gasteiger charge is -1.93. The Labute approximate surface area is 61.0 Å². The predicted molar refractivity (Wildman–Crippen MR) is 40.4 cm³/mol. The van der Waals surface area contributed by atoms with Gasteiger partial charge < -0.3 is 4.74 Å². The Morgan fingerprint density at radius 3 is 2.22 bits per heavy atom. The van der Waals surface area contributed by atoms with E-state index in [1.54, 1.807) is 13.2 Å². The number of rotatable bonds is 2. The highest BCUT2D eigenvalue weighted by Crippen LogP contribution is 2.00. The van der Waals surface area contributed by atoms with Crippen LogP contribution in [0.25, 0.3) is 0 Å². The quantitative estimate of drug-likeness (QED) is 0.430. The Bertz CT molecular complexity index is 132. The monoisotopic (exact) mass is 146 g/mol. The van der Waals surface area contributed by atoms with Gasteiger partial charge in [0, 0.05) is 5.03 Å². The van der Waals surface area contributed by atoms with Crippen LogP contribution in [0.3, 0.4) is 0 Å². The minimum Gasteiger partial charge on any atom is -0.501 e. The van der Waals surface area contributed by atoms with Crippen LogP contribution >= 0.6 is 11.6 Å². The van der Waals surface area contributed by atoms with Crippen LogP contribution in [0, 0.1) is 0 Å². The van der Waals surface area contributed by atoms with Crippen molar-refractivity contribution in [1.29, 1.82) is 0 Å². The molecule has 0 aliphatic carbocycles. The molecule has 0 N–H and O–H groups in total. The minimum absolute atomic E-state index is 0.756. The Kier molecular flexibility index (Phi) is 4.24. The minimum atomic E-state index is 0.756. The molecule has 0 radical (unpaired) electrons. The fourth-order valence-electron chi connectivity index (χ4n) is 0.300. The highest BCUT2D eigenvalue weighted by atomic mass is 35.5. The second-order valence-corrected chi connectivity index (χ2v) is 2.33. The van der Waals surface area contributed by atoms with Crippen molar-refractivity contribution in [3.8, 4) is 0 Å². The van der Waals surface area contributed by atoms with Crippen LogP contribution < -0.4 is 0 Å². The molecular formula is C7H11ClO. The Balaban J connectivity index is 3.83. The van der Waals surface area contributed by atoms with Crippen molar-refractivity contribution >= 4 is 11.6 Å². The molecule has 0 saturated heterocycles. The summed E-state index contributed by atoms with van der Waals surface area (Å²) in [4.78, 5) is 0. The highest BCUT2D eigenvalue weighted by Gasteiger charge is 1.79. The summed E-state index contributed by atoms with van der Waals surface area (Å²) >= 11 is 5.54. The predicted octanol–water partition coefficient (Wildman–Crippen LogP) is 2.68. The fourth-order valence-corrected chi connectivity index (χ4v) is 0.363. The molecule has 0 aliphatic rings. The molecule has 0 aliphatic heterocycles. The lowest BCUT2D eigenvalue weighted by molar-refractivity contribution is 0.294. The number of methoxy groups -OCH3 is 1. The van der Waals surface area contributed by atoms with Crippen LogP contribution in [0.2, 0.25) is 0 Å². The van der Waals surface area contributed by atoms with Crippen LogP contribution in [0.1, 0.15) is 13.8 Å². The topological polar surface area (TPSA) is 9.23 Å². The standard InChI is InChI=1S/C7H11ClO/c1-6(8)4-5-7(2)9-3/h4-5H,1-3H3. The molecule has 0 amide bonds. The SMILES string of the molecule is COC(C)=CC=C(C)Cl. The molecule has 0 rings (SSSR count). The summed E-state index contributed by atoms with van der Waals surface area (Å²) < 4.78 is 4.86. The normalized spacial score (nSPS) is 13.8. The summed E-state index contributed by atoms with van der Waals surface area (Å²) in [5.74, 6) is 0.856. The van der Waals surface area contributed by atoms with Crippen molar-refractivity contribution in [2.75, 3.05) is 7.11 Å². The molecular weight excluding hydrogens is 136 g/mol. The van der Waals surface area contributed by atoms with Crippen LogP contribution in [0.4, 0.5) is 0 Å². The number of halogens is 1. The molecule has 0 aromatic carbocycles. The molecule has 2 heteroatoms. The second-order valence-electron chi connectivity index (χ2n) is 1.73. The summed E-state index contributed by atoms with van der Waals surface area (Å²) in [5.41, 5.74) is 0. The van der Waals surface area contributed by atoms with E-state index >= 15 is 0 Å². The van der Waals surface area contributed by atoms with Gasteiger partial charge in [-0.3, -0.25) is 0 Å². The third kappa shape index (κ3) is 5.44. The van der Waals surface area contributed by atoms with Gasteiger partial charge in [0.2, 0.25) is 0 Å². The Hall–Kier alpha value is -0.430. The van der Waals surface area contributed by atoms with E-state index < -0.39 is 0 Å². The first-order valence-electron chi connectivity index (χ1n) is 2.71. The van der Waals surface area contributed by atoms with Gasteiger partial charge in [-0.15, -0.1) is 0 Å². The van der Waals surface area contributed by atoms with Gasteiger partial charge in [0.1, 0.15) is 0 Å². The van der Waals surface area contributed by atoms with E-state index in [0.29, 0.717) is 0 Å². The van der Waals surface area contributed by atoms with Gasteiger partial charge >= 0.3 is 0 Å². The van der Waals surface area contributed by atoms with Crippen molar-refractivity contribution in [2.45, 2.75) is 13.8 Å². The first-order valence-corrected chi connectivity index (χ1v) is 3.09. The molecule has 0 unspecified atom stereocenters. The van der Waals surface area contributed by atoms with E-state index in [2.05, 4.69) is 0 Å². The van der Waals surface area contributed by atoms with Crippen LogP contribution in [-0.2, 0) is 4.74 Å². The van der Waals surface area contributed by atoms with Crippen molar-refractivity contribution in [3.05, 3.63) is 22.9 Å². The third-order valence-electron chi connectivity index (χ3n) is 0.870. The lowest BCUT2D eigenvalue weighted by Crippen LogP contribution is -1.75. The van der Waals surface area contributed by atoms with Gasteiger partial charge in [-0.1, -0.05) is 11.6 Å². The van der Waals surface area contributed by atoms with E-state index in [0.717, 1.165) is 10.8 Å². The third-order valence-corrected chi connectivity index (χ3v) is 0.996. The number of hydrogen-bond acceptors (Lipinski definition) is 1. The molecule has 0 aromatic heterocycles. The summed E-state index contributed by atoms with van der Waals surface area (Å²) in [6.45, 7) is 3.69. The maximum absolute atomic E-state index is 5.54. The zero-order valence-corrected chi connectivity index (χ0v) is 6.70. The van der Waals surface area contributed by atoms with Crippen molar-refractivity contribution in [2.24, 2.45) is 0 Å². The van der Waals surface area contributed by atoms with Gasteiger partial charge in [-0.25, -0.2) is 0 Å². The Morgan fingerprint density at radius 1 is 1.33 bits per heavy atom. The lowest BCUT2D eigenvalue weighted by atomic mass is 10.4. The molecule has 0 aromatic rings. The molecule has 52 valence electrons. The maximum atomic E-state index is 5.54. The van der Waals surface area contributed by atoms with Gasteiger partial charge in [-0.2, -0.15) is 0 Å². The highest BCUT2D eigenvalue weighted by molar-refractivity contribution is 6.29. The Morgan fingerprint density at radius 2 is 1.89 bits per heavy atom. The maximum Gasteiger partial charge on any atom is 0.0924 e. The van der Waals surface area contributed by atoms with Gasteiger partial charge in [-0.05, 0) is 26.0 Å². The van der Waals surface area contributed by atoms with Gasteiger partial charge in [0.05, 0.1) is 12.9 Å². The molecule has 0 fully saturated rings. The average molecular weight is 147 g/mol. The van der Waals surface area contributed by atoms with Crippen LogP contribution in [-0.4, -0.2) is 7.11 Å². The molecule has 0 spiro atoms. The van der Waals surface area contributed by atoms with Crippen molar-refractivity contribution in [1.82, 2.24) is 0 Å². The zero-order chi connectivity index (χ0) is 7.28. The molecule has 0 atom stereocenters. The summed E-state index contributed by atoms with van der Waals surface area (Å²) in [6, 6.07) is 0. The zero-order valence-electron chi connectivity index (χ0n) is 5.94. The molecule has 9 heavy (non-hydrogen) atoms. The summed E-state index contributed by atoms with van der Waals surface area (Å²) in [7, 11) is 1.63. The average Bonchev–Trinajstić information content (AvgIpc) is 1.83. The molecule has 0 saturated carbocycles. The van der Waals surface area contributed by atoms with E-state index in [-0.39, 0.29) is 0 Å². The molecule has 0 bridgehead atoms. The molecule has 1 nitrogen and oxygen atoms in total. The van der Waals surface area contributed by atoms with E-state index in [9.17, 15) is 0 Å². The van der Waals surface area contributed by atoms with E-state index in [1.165, 1.54) is 0 Å². The number of ether oxygens (including phenoxy) is 1. The van der Waals surface area contributed by atoms with Crippen LogP contribution in [0.5, 0.6) is 0 Å². The van der Waals surface area contributed by atoms with Gasteiger partial charge in [0.25, 0.3) is 0 Å². The number of hydrogen-bond donors (Lipinski definition) is 0. The molecule has 0 heterocycles. The van der Waals surface area contributed by atoms with Gasteiger partial charge in [0.15, 0.2) is 0 Å². The summed E-state index contributed by atoms with van der Waals surface area (Å²) in [6.07, 6.45) is 3.61. The first kappa shape index (κ1) is 8.57. The fraction of sp³-hybridized carbons (Fsp3) is 0.429. The second kappa shape index (κ2) is 4.45. The van der Waals surface area contributed by atoms with Crippen molar-refractivity contribution in [3.63, 3.8) is 0 Å². The largest absolute Gasteiger partial charge is 0.501 e. The summed E-state index contributed by atoms with van der Waals surface area (Å²) in [5, 5.41) is 0.756. The number of allylic oxidation sites excluding steroid dienone is 4.